The van der Waals surface area contributed by atoms with E-state index in [9.17, 15) is 0 Å². The number of halogens is 1. The summed E-state index contributed by atoms with van der Waals surface area (Å²) in [4.78, 5) is 3.27. The van der Waals surface area contributed by atoms with Gasteiger partial charge in [0, 0.05) is 11.3 Å². The molecule has 0 aliphatic heterocycles. The zero-order valence-corrected chi connectivity index (χ0v) is 12.5. The molecule has 1 aromatic heterocycles. The lowest BCUT2D eigenvalue weighted by Gasteiger charge is -2.20. The second-order valence-electron chi connectivity index (χ2n) is 4.71. The molecule has 1 N–H and O–H groups in total. The Hall–Kier alpha value is -0.450. The smallest absolute Gasteiger partial charge is 0.178 e. The van der Waals surface area contributed by atoms with Crippen LogP contribution in [0.1, 0.15) is 25.3 Å². The predicted molar refractivity (Wildman–Crippen MR) is 82.3 cm³/mol. The molecule has 2 atom stereocenters. The van der Waals surface area contributed by atoms with Crippen LogP contribution in [0.25, 0.3) is 11.0 Å². The Morgan fingerprint density at radius 1 is 1.44 bits per heavy atom. The molecule has 1 fully saturated rings. The monoisotopic (exact) mass is 298 g/mol. The summed E-state index contributed by atoms with van der Waals surface area (Å²) < 4.78 is 3.03. The van der Waals surface area contributed by atoms with Crippen molar-refractivity contribution in [2.24, 2.45) is 0 Å². The quantitative estimate of drug-likeness (QED) is 0.803. The van der Waals surface area contributed by atoms with E-state index in [0.717, 1.165) is 20.8 Å². The van der Waals surface area contributed by atoms with E-state index >= 15 is 0 Å². The lowest BCUT2D eigenvalue weighted by molar-refractivity contribution is 0.536. The van der Waals surface area contributed by atoms with E-state index in [1.165, 1.54) is 19.3 Å². The van der Waals surface area contributed by atoms with Crippen LogP contribution in [-0.4, -0.2) is 21.1 Å². The SMILES string of the molecule is CSC1CCCC1n1c(=S)[nH]c2cccc(Cl)c21. The Morgan fingerprint density at radius 2 is 2.28 bits per heavy atom. The molecule has 1 aromatic carbocycles. The van der Waals surface area contributed by atoms with Gasteiger partial charge in [-0.15, -0.1) is 0 Å². The van der Waals surface area contributed by atoms with E-state index < -0.39 is 0 Å². The number of para-hydroxylation sites is 1. The molecule has 2 unspecified atom stereocenters. The maximum atomic E-state index is 6.35. The molecule has 2 aromatic rings. The number of nitrogens with one attached hydrogen (secondary N) is 1. The first-order chi connectivity index (χ1) is 8.72. The van der Waals surface area contributed by atoms with E-state index in [2.05, 4.69) is 15.8 Å². The van der Waals surface area contributed by atoms with E-state index in [1.54, 1.807) is 0 Å². The lowest BCUT2D eigenvalue weighted by atomic mass is 10.2. The minimum atomic E-state index is 0.473. The predicted octanol–water partition coefficient (Wildman–Crippen LogP) is 4.81. The summed E-state index contributed by atoms with van der Waals surface area (Å²) in [5.74, 6) is 0. The van der Waals surface area contributed by atoms with Crippen LogP contribution in [-0.2, 0) is 0 Å². The van der Waals surface area contributed by atoms with E-state index in [4.69, 9.17) is 23.8 Å². The molecule has 1 aliphatic rings. The van der Waals surface area contributed by atoms with Crippen molar-refractivity contribution in [3.8, 4) is 0 Å². The number of hydrogen-bond donors (Lipinski definition) is 1. The van der Waals surface area contributed by atoms with Crippen molar-refractivity contribution in [3.63, 3.8) is 0 Å². The summed E-state index contributed by atoms with van der Waals surface area (Å²) in [6.07, 6.45) is 5.92. The average Bonchev–Trinajstić information content (AvgIpc) is 2.92. The molecule has 1 heterocycles. The molecule has 0 bridgehead atoms. The molecular weight excluding hydrogens is 284 g/mol. The van der Waals surface area contributed by atoms with Crippen LogP contribution in [0, 0.1) is 4.77 Å². The number of fused-ring (bicyclic) bond motifs is 1. The van der Waals surface area contributed by atoms with Crippen molar-refractivity contribution < 1.29 is 0 Å². The molecular formula is C13H15ClN2S2. The highest BCUT2D eigenvalue weighted by atomic mass is 35.5. The number of H-pyrrole nitrogens is 1. The fourth-order valence-corrected chi connectivity index (χ4v) is 4.51. The fraction of sp³-hybridized carbons (Fsp3) is 0.462. The van der Waals surface area contributed by atoms with E-state index in [-0.39, 0.29) is 0 Å². The third kappa shape index (κ3) is 1.91. The molecule has 1 aliphatic carbocycles. The standard InChI is InChI=1S/C13H15ClN2S2/c1-18-11-7-3-6-10(11)16-12-8(14)4-2-5-9(12)15-13(16)17/h2,4-5,10-11H,3,6-7H2,1H3,(H,15,17). The number of thioether (sulfide) groups is 1. The molecule has 0 saturated heterocycles. The number of aromatic amines is 1. The third-order valence-corrected chi connectivity index (χ3v) is 5.50. The minimum Gasteiger partial charge on any atom is -0.331 e. The number of aromatic nitrogens is 2. The molecule has 0 radical (unpaired) electrons. The second-order valence-corrected chi connectivity index (χ2v) is 6.58. The maximum absolute atomic E-state index is 6.35. The van der Waals surface area contributed by atoms with Crippen LogP contribution < -0.4 is 0 Å². The fourth-order valence-electron chi connectivity index (χ4n) is 2.93. The summed E-state index contributed by atoms with van der Waals surface area (Å²) in [6, 6.07) is 6.41. The summed E-state index contributed by atoms with van der Waals surface area (Å²) in [7, 11) is 0. The van der Waals surface area contributed by atoms with Gasteiger partial charge in [-0.2, -0.15) is 11.8 Å². The summed E-state index contributed by atoms with van der Waals surface area (Å²) in [5.41, 5.74) is 2.11. The normalized spacial score (nSPS) is 23.9. The molecule has 1 saturated carbocycles. The van der Waals surface area contributed by atoms with Gasteiger partial charge in [0.05, 0.1) is 16.1 Å². The zero-order chi connectivity index (χ0) is 12.7. The Kier molecular flexibility index (Phi) is 3.43. The van der Waals surface area contributed by atoms with Crippen LogP contribution in [0.3, 0.4) is 0 Å². The van der Waals surface area contributed by atoms with Gasteiger partial charge in [-0.25, -0.2) is 0 Å². The number of imidazole rings is 1. The van der Waals surface area contributed by atoms with Crippen LogP contribution in [0.2, 0.25) is 5.02 Å². The van der Waals surface area contributed by atoms with Crippen LogP contribution in [0.5, 0.6) is 0 Å². The van der Waals surface area contributed by atoms with Crippen molar-refractivity contribution in [2.45, 2.75) is 30.6 Å². The highest BCUT2D eigenvalue weighted by Crippen LogP contribution is 2.40. The molecule has 18 heavy (non-hydrogen) atoms. The van der Waals surface area contributed by atoms with Crippen molar-refractivity contribution in [1.29, 1.82) is 0 Å². The van der Waals surface area contributed by atoms with Crippen LogP contribution in [0.15, 0.2) is 18.2 Å². The van der Waals surface area contributed by atoms with Gasteiger partial charge in [0.2, 0.25) is 0 Å². The summed E-state index contributed by atoms with van der Waals surface area (Å²) >= 11 is 13.8. The second kappa shape index (κ2) is 4.91. The number of benzene rings is 1. The Bertz CT molecular complexity index is 631. The van der Waals surface area contributed by atoms with Gasteiger partial charge in [-0.3, -0.25) is 0 Å². The van der Waals surface area contributed by atoms with Gasteiger partial charge < -0.3 is 9.55 Å². The lowest BCUT2D eigenvalue weighted by Crippen LogP contribution is -2.15. The molecule has 2 nitrogen and oxygen atoms in total. The molecule has 0 spiro atoms. The summed E-state index contributed by atoms with van der Waals surface area (Å²) in [5, 5.41) is 1.43. The van der Waals surface area contributed by atoms with Gasteiger partial charge in [0.15, 0.2) is 4.77 Å². The maximum Gasteiger partial charge on any atom is 0.178 e. The van der Waals surface area contributed by atoms with Crippen LogP contribution >= 0.6 is 35.6 Å². The van der Waals surface area contributed by atoms with Gasteiger partial charge in [0.25, 0.3) is 0 Å². The Balaban J connectivity index is 2.22. The average molecular weight is 299 g/mol. The van der Waals surface area contributed by atoms with Crippen molar-refractivity contribution in [2.75, 3.05) is 6.26 Å². The topological polar surface area (TPSA) is 20.7 Å². The molecule has 0 amide bonds. The summed E-state index contributed by atoms with van der Waals surface area (Å²) in [6.45, 7) is 0. The minimum absolute atomic E-state index is 0.473. The highest BCUT2D eigenvalue weighted by molar-refractivity contribution is 7.99. The number of nitrogens with zero attached hydrogens (tertiary/aromatic N) is 1. The first-order valence-electron chi connectivity index (χ1n) is 6.14. The first-order valence-corrected chi connectivity index (χ1v) is 8.21. The van der Waals surface area contributed by atoms with Crippen molar-refractivity contribution in [3.05, 3.63) is 28.0 Å². The Labute approximate surface area is 121 Å². The third-order valence-electron chi connectivity index (χ3n) is 3.74. The van der Waals surface area contributed by atoms with Crippen LogP contribution in [0.4, 0.5) is 0 Å². The van der Waals surface area contributed by atoms with E-state index in [0.29, 0.717) is 11.3 Å². The van der Waals surface area contributed by atoms with Gasteiger partial charge in [0.1, 0.15) is 0 Å². The van der Waals surface area contributed by atoms with E-state index in [1.807, 2.05) is 30.0 Å². The van der Waals surface area contributed by atoms with Crippen molar-refractivity contribution >= 4 is 46.6 Å². The molecule has 5 heteroatoms. The zero-order valence-electron chi connectivity index (χ0n) is 10.1. The highest BCUT2D eigenvalue weighted by Gasteiger charge is 2.30. The van der Waals surface area contributed by atoms with Gasteiger partial charge in [-0.1, -0.05) is 24.1 Å². The molecule has 96 valence electrons. The van der Waals surface area contributed by atoms with Crippen molar-refractivity contribution in [1.82, 2.24) is 9.55 Å². The largest absolute Gasteiger partial charge is 0.331 e. The number of rotatable bonds is 2. The molecule has 3 rings (SSSR count). The first kappa shape index (κ1) is 12.6. The Morgan fingerprint density at radius 3 is 3.06 bits per heavy atom. The number of hydrogen-bond acceptors (Lipinski definition) is 2. The van der Waals surface area contributed by atoms with Gasteiger partial charge in [-0.05, 0) is 43.4 Å². The van der Waals surface area contributed by atoms with Gasteiger partial charge >= 0.3 is 0 Å².